The van der Waals surface area contributed by atoms with Gasteiger partial charge in [0.05, 0.1) is 18.5 Å². The molecule has 0 fully saturated rings. The van der Waals surface area contributed by atoms with Crippen LogP contribution in [-0.4, -0.2) is 38.8 Å². The smallest absolute Gasteiger partial charge is 0.236 e. The molecule has 5 nitrogen and oxygen atoms in total. The normalized spacial score (nSPS) is 14.1. The van der Waals surface area contributed by atoms with Gasteiger partial charge in [-0.1, -0.05) is 25.9 Å². The fraction of sp³-hybridized carbons (Fsp3) is 0.800. The van der Waals surface area contributed by atoms with Crippen molar-refractivity contribution in [2.45, 2.75) is 38.0 Å². The van der Waals surface area contributed by atoms with E-state index >= 15 is 0 Å². The summed E-state index contributed by atoms with van der Waals surface area (Å²) in [7, 11) is 0. The highest BCUT2D eigenvalue weighted by Gasteiger charge is 2.20. The summed E-state index contributed by atoms with van der Waals surface area (Å²) in [4.78, 5) is 4.26. The Bertz CT molecular complexity index is 322. The van der Waals surface area contributed by atoms with Crippen LogP contribution in [-0.2, 0) is 11.2 Å². The average molecular weight is 246 g/mol. The molecule has 0 amide bonds. The molecule has 0 spiro atoms. The van der Waals surface area contributed by atoms with Crippen molar-refractivity contribution in [3.63, 3.8) is 0 Å². The van der Waals surface area contributed by atoms with Crippen LogP contribution in [0.15, 0.2) is 4.52 Å². The Hall–Kier alpha value is -0.590. The van der Waals surface area contributed by atoms with Crippen molar-refractivity contribution in [1.29, 1.82) is 0 Å². The van der Waals surface area contributed by atoms with Crippen LogP contribution in [0.2, 0.25) is 0 Å². The second-order valence-corrected chi connectivity index (χ2v) is 5.64. The molecule has 0 aliphatic rings. The lowest BCUT2D eigenvalue weighted by atomic mass is 9.96. The molecule has 92 valence electrons. The molecule has 0 aliphatic carbocycles. The number of aromatic nitrogens is 2. The minimum Gasteiger partial charge on any atom is -0.394 e. The monoisotopic (exact) mass is 246 g/mol. The Kier molecular flexibility index (Phi) is 4.76. The van der Waals surface area contributed by atoms with Crippen molar-refractivity contribution in [3.05, 3.63) is 11.7 Å². The number of hydrogen-bond acceptors (Lipinski definition) is 6. The van der Waals surface area contributed by atoms with Gasteiger partial charge in [-0.05, 0) is 0 Å². The molecule has 2 N–H and O–H groups in total. The molecule has 1 atom stereocenters. The second-order valence-electron chi connectivity index (χ2n) is 4.61. The number of aliphatic hydroxyl groups excluding tert-OH is 2. The van der Waals surface area contributed by atoms with Crippen LogP contribution in [0.5, 0.6) is 0 Å². The largest absolute Gasteiger partial charge is 0.394 e. The van der Waals surface area contributed by atoms with Gasteiger partial charge in [0.2, 0.25) is 5.89 Å². The first-order valence-electron chi connectivity index (χ1n) is 5.13. The predicted molar refractivity (Wildman–Crippen MR) is 62.3 cm³/mol. The number of aliphatic hydroxyl groups is 2. The summed E-state index contributed by atoms with van der Waals surface area (Å²) in [6, 6.07) is 0. The minimum absolute atomic E-state index is 0.114. The summed E-state index contributed by atoms with van der Waals surface area (Å²) in [6.07, 6.45) is -0.685. The number of hydrogen-bond donors (Lipinski definition) is 2. The Morgan fingerprint density at radius 1 is 1.44 bits per heavy atom. The molecule has 1 aromatic heterocycles. The summed E-state index contributed by atoms with van der Waals surface area (Å²) in [6.45, 7) is 5.84. The van der Waals surface area contributed by atoms with Gasteiger partial charge in [0.25, 0.3) is 0 Å². The van der Waals surface area contributed by atoms with Crippen molar-refractivity contribution in [1.82, 2.24) is 10.1 Å². The average Bonchev–Trinajstić information content (AvgIpc) is 2.65. The number of rotatable bonds is 5. The van der Waals surface area contributed by atoms with E-state index in [0.717, 1.165) is 0 Å². The van der Waals surface area contributed by atoms with Crippen LogP contribution in [0.25, 0.3) is 0 Å². The van der Waals surface area contributed by atoms with E-state index in [9.17, 15) is 0 Å². The zero-order valence-electron chi connectivity index (χ0n) is 9.80. The summed E-state index contributed by atoms with van der Waals surface area (Å²) >= 11 is 1.46. The Balaban J connectivity index is 2.41. The van der Waals surface area contributed by atoms with Crippen molar-refractivity contribution in [2.75, 3.05) is 12.4 Å². The van der Waals surface area contributed by atoms with Crippen molar-refractivity contribution in [3.8, 4) is 0 Å². The first kappa shape index (κ1) is 13.5. The quantitative estimate of drug-likeness (QED) is 0.805. The molecule has 0 aromatic carbocycles. The van der Waals surface area contributed by atoms with Gasteiger partial charge in [-0.15, -0.1) is 11.8 Å². The topological polar surface area (TPSA) is 79.4 Å². The summed E-state index contributed by atoms with van der Waals surface area (Å²) in [5.74, 6) is 2.26. The van der Waals surface area contributed by atoms with Gasteiger partial charge in [0, 0.05) is 11.2 Å². The van der Waals surface area contributed by atoms with Gasteiger partial charge in [-0.2, -0.15) is 4.98 Å². The molecule has 0 aliphatic heterocycles. The Labute approximate surface area is 99.2 Å². The lowest BCUT2D eigenvalue weighted by Gasteiger charge is -2.10. The van der Waals surface area contributed by atoms with E-state index in [-0.39, 0.29) is 12.0 Å². The maximum absolute atomic E-state index is 9.13. The third-order valence-electron chi connectivity index (χ3n) is 1.89. The zero-order chi connectivity index (χ0) is 12.2. The van der Waals surface area contributed by atoms with Crippen molar-refractivity contribution < 1.29 is 14.7 Å². The third kappa shape index (κ3) is 4.11. The maximum Gasteiger partial charge on any atom is 0.236 e. The molecular weight excluding hydrogens is 228 g/mol. The molecule has 16 heavy (non-hydrogen) atoms. The maximum atomic E-state index is 9.13. The first-order chi connectivity index (χ1) is 7.43. The summed E-state index contributed by atoms with van der Waals surface area (Å²) in [5, 5.41) is 21.7. The van der Waals surface area contributed by atoms with E-state index in [1.54, 1.807) is 0 Å². The van der Waals surface area contributed by atoms with Crippen LogP contribution in [0, 0.1) is 0 Å². The van der Waals surface area contributed by atoms with Crippen LogP contribution in [0.4, 0.5) is 0 Å². The standard InChI is InChI=1S/C10H18N2O3S/c1-10(2,3)9-11-8(15-12-9)6-16-5-7(14)4-13/h7,13-14H,4-6H2,1-3H3. The van der Waals surface area contributed by atoms with Crippen LogP contribution in [0.3, 0.4) is 0 Å². The lowest BCUT2D eigenvalue weighted by molar-refractivity contribution is 0.113. The van der Waals surface area contributed by atoms with E-state index < -0.39 is 6.10 Å². The molecule has 1 unspecified atom stereocenters. The Morgan fingerprint density at radius 3 is 2.62 bits per heavy atom. The molecule has 0 radical (unpaired) electrons. The molecule has 6 heteroatoms. The highest BCUT2D eigenvalue weighted by Crippen LogP contribution is 2.20. The van der Waals surface area contributed by atoms with E-state index in [1.165, 1.54) is 11.8 Å². The number of nitrogens with zero attached hydrogens (tertiary/aromatic N) is 2. The van der Waals surface area contributed by atoms with Crippen molar-refractivity contribution in [2.24, 2.45) is 0 Å². The van der Waals surface area contributed by atoms with Gasteiger partial charge in [-0.3, -0.25) is 0 Å². The molecule has 1 rings (SSSR count). The minimum atomic E-state index is -0.685. The van der Waals surface area contributed by atoms with E-state index in [0.29, 0.717) is 23.2 Å². The molecule has 0 saturated carbocycles. The van der Waals surface area contributed by atoms with Crippen LogP contribution >= 0.6 is 11.8 Å². The van der Waals surface area contributed by atoms with Crippen LogP contribution in [0.1, 0.15) is 32.5 Å². The Morgan fingerprint density at radius 2 is 2.12 bits per heavy atom. The van der Waals surface area contributed by atoms with Crippen LogP contribution < -0.4 is 0 Å². The highest BCUT2D eigenvalue weighted by molar-refractivity contribution is 7.98. The molecule has 1 aromatic rings. The fourth-order valence-electron chi connectivity index (χ4n) is 0.953. The second kappa shape index (κ2) is 5.65. The van der Waals surface area contributed by atoms with Gasteiger partial charge in [-0.25, -0.2) is 0 Å². The predicted octanol–water partition coefficient (Wildman–Crippen LogP) is 0.953. The molecule has 1 heterocycles. The molecular formula is C10H18N2O3S. The fourth-order valence-corrected chi connectivity index (χ4v) is 1.74. The van der Waals surface area contributed by atoms with Gasteiger partial charge in [0.1, 0.15) is 0 Å². The van der Waals surface area contributed by atoms with E-state index in [1.807, 2.05) is 20.8 Å². The molecule has 0 bridgehead atoms. The third-order valence-corrected chi connectivity index (χ3v) is 2.96. The van der Waals surface area contributed by atoms with Gasteiger partial charge in [0.15, 0.2) is 5.82 Å². The zero-order valence-corrected chi connectivity index (χ0v) is 10.6. The number of thioether (sulfide) groups is 1. The SMILES string of the molecule is CC(C)(C)c1noc(CSCC(O)CO)n1. The summed E-state index contributed by atoms with van der Waals surface area (Å²) < 4.78 is 5.08. The summed E-state index contributed by atoms with van der Waals surface area (Å²) in [5.41, 5.74) is -0.114. The highest BCUT2D eigenvalue weighted by atomic mass is 32.2. The van der Waals surface area contributed by atoms with E-state index in [2.05, 4.69) is 10.1 Å². The van der Waals surface area contributed by atoms with Gasteiger partial charge >= 0.3 is 0 Å². The first-order valence-corrected chi connectivity index (χ1v) is 6.28. The van der Waals surface area contributed by atoms with Crippen molar-refractivity contribution >= 4 is 11.8 Å². The van der Waals surface area contributed by atoms with E-state index in [4.69, 9.17) is 14.7 Å². The van der Waals surface area contributed by atoms with Gasteiger partial charge < -0.3 is 14.7 Å². The lowest BCUT2D eigenvalue weighted by Crippen LogP contribution is -2.15. The molecule has 0 saturated heterocycles.